The molecule has 1 heterocycles. The number of aliphatic hydroxyl groups excluding tert-OH is 1. The number of aliphatic hydroxyl groups is 1. The fraction of sp³-hybridized carbons (Fsp3) is 1.00. The van der Waals surface area contributed by atoms with Crippen LogP contribution in [0.5, 0.6) is 0 Å². The second kappa shape index (κ2) is 7.31. The van der Waals surface area contributed by atoms with Gasteiger partial charge in [-0.15, -0.1) is 0 Å². The van der Waals surface area contributed by atoms with Gasteiger partial charge in [-0.25, -0.2) is 12.7 Å². The summed E-state index contributed by atoms with van der Waals surface area (Å²) < 4.78 is 25.8. The van der Waals surface area contributed by atoms with Gasteiger partial charge in [0.25, 0.3) is 0 Å². The summed E-state index contributed by atoms with van der Waals surface area (Å²) in [5, 5.41) is 12.0. The highest BCUT2D eigenvalue weighted by atomic mass is 32.2. The summed E-state index contributed by atoms with van der Waals surface area (Å²) in [6, 6.07) is 0.0944. The van der Waals surface area contributed by atoms with E-state index in [2.05, 4.69) is 5.32 Å². The average Bonchev–Trinajstić information content (AvgIpc) is 2.30. The molecule has 1 atom stereocenters. The second-order valence-corrected chi connectivity index (χ2v) is 6.51. The van der Waals surface area contributed by atoms with Crippen LogP contribution in [0, 0.1) is 0 Å². The van der Waals surface area contributed by atoms with E-state index in [1.165, 1.54) is 4.31 Å². The minimum absolute atomic E-state index is 0.0354. The molecule has 1 unspecified atom stereocenters. The van der Waals surface area contributed by atoms with Crippen LogP contribution in [0.1, 0.15) is 32.6 Å². The molecule has 2 N–H and O–H groups in total. The molecule has 1 rings (SSSR count). The fourth-order valence-electron chi connectivity index (χ4n) is 2.17. The Bertz CT molecular complexity index is 300. The van der Waals surface area contributed by atoms with Crippen molar-refractivity contribution in [3.8, 4) is 0 Å². The third kappa shape index (κ3) is 4.91. The predicted octanol–water partition coefficient (Wildman–Crippen LogP) is 0.163. The van der Waals surface area contributed by atoms with Gasteiger partial charge in [-0.2, -0.15) is 0 Å². The first-order valence-electron chi connectivity index (χ1n) is 6.42. The molecular formula is C11H24N2O3S. The summed E-state index contributed by atoms with van der Waals surface area (Å²) in [5.41, 5.74) is 0. The van der Waals surface area contributed by atoms with E-state index in [-0.39, 0.29) is 18.4 Å². The second-order valence-electron chi connectivity index (χ2n) is 4.49. The first-order valence-corrected chi connectivity index (χ1v) is 8.03. The molecule has 1 aliphatic heterocycles. The maximum absolute atomic E-state index is 12.1. The molecule has 102 valence electrons. The van der Waals surface area contributed by atoms with Crippen LogP contribution in [0.25, 0.3) is 0 Å². The van der Waals surface area contributed by atoms with E-state index in [1.807, 2.05) is 6.92 Å². The molecule has 0 aliphatic carbocycles. The number of hydrogen-bond acceptors (Lipinski definition) is 4. The van der Waals surface area contributed by atoms with Gasteiger partial charge in [0.05, 0.1) is 5.75 Å². The van der Waals surface area contributed by atoms with Crippen molar-refractivity contribution in [3.05, 3.63) is 0 Å². The van der Waals surface area contributed by atoms with Gasteiger partial charge in [-0.1, -0.05) is 13.3 Å². The highest BCUT2D eigenvalue weighted by Gasteiger charge is 2.25. The van der Waals surface area contributed by atoms with Crippen LogP contribution in [0.2, 0.25) is 0 Å². The lowest BCUT2D eigenvalue weighted by Gasteiger charge is -2.27. The van der Waals surface area contributed by atoms with Crippen molar-refractivity contribution in [1.29, 1.82) is 0 Å². The van der Waals surface area contributed by atoms with E-state index >= 15 is 0 Å². The molecule has 1 saturated heterocycles. The number of rotatable bonds is 7. The molecule has 0 bridgehead atoms. The van der Waals surface area contributed by atoms with Crippen LogP contribution in [-0.4, -0.2) is 55.9 Å². The van der Waals surface area contributed by atoms with Crippen molar-refractivity contribution >= 4 is 10.0 Å². The normalized spacial score (nSPS) is 21.9. The standard InChI is InChI=1S/C11H24N2O3S/c1-2-13(8-5-9-14)17(15,16)10-11-6-3-4-7-12-11/h11-12,14H,2-10H2,1H3. The molecule has 0 radical (unpaired) electrons. The molecule has 0 spiro atoms. The van der Waals surface area contributed by atoms with Gasteiger partial charge in [0.15, 0.2) is 0 Å². The predicted molar refractivity (Wildman–Crippen MR) is 68.4 cm³/mol. The summed E-state index contributed by atoms with van der Waals surface area (Å²) in [5.74, 6) is 0.187. The van der Waals surface area contributed by atoms with Gasteiger partial charge in [0.1, 0.15) is 0 Å². The van der Waals surface area contributed by atoms with E-state index in [4.69, 9.17) is 5.11 Å². The number of nitrogens with zero attached hydrogens (tertiary/aromatic N) is 1. The zero-order chi connectivity index (χ0) is 12.7. The van der Waals surface area contributed by atoms with Crippen LogP contribution in [0.3, 0.4) is 0 Å². The zero-order valence-corrected chi connectivity index (χ0v) is 11.4. The van der Waals surface area contributed by atoms with E-state index in [1.54, 1.807) is 0 Å². The smallest absolute Gasteiger partial charge is 0.215 e. The number of nitrogens with one attached hydrogen (secondary N) is 1. The van der Waals surface area contributed by atoms with Gasteiger partial charge in [-0.3, -0.25) is 0 Å². The Morgan fingerprint density at radius 3 is 2.71 bits per heavy atom. The largest absolute Gasteiger partial charge is 0.396 e. The molecule has 1 fully saturated rings. The first-order chi connectivity index (χ1) is 8.10. The average molecular weight is 264 g/mol. The lowest BCUT2D eigenvalue weighted by atomic mass is 10.1. The molecule has 1 aliphatic rings. The minimum Gasteiger partial charge on any atom is -0.396 e. The van der Waals surface area contributed by atoms with Crippen molar-refractivity contribution < 1.29 is 13.5 Å². The third-order valence-corrected chi connectivity index (χ3v) is 5.19. The molecule has 17 heavy (non-hydrogen) atoms. The lowest BCUT2D eigenvalue weighted by molar-refractivity contribution is 0.270. The Morgan fingerprint density at radius 2 is 2.18 bits per heavy atom. The maximum Gasteiger partial charge on any atom is 0.215 e. The van der Waals surface area contributed by atoms with Crippen LogP contribution in [0.4, 0.5) is 0 Å². The van der Waals surface area contributed by atoms with Crippen LogP contribution in [0.15, 0.2) is 0 Å². The van der Waals surface area contributed by atoms with Gasteiger partial charge < -0.3 is 10.4 Å². The van der Waals surface area contributed by atoms with Crippen molar-refractivity contribution in [2.24, 2.45) is 0 Å². The minimum atomic E-state index is -3.18. The third-order valence-electron chi connectivity index (χ3n) is 3.14. The summed E-state index contributed by atoms with van der Waals surface area (Å²) in [4.78, 5) is 0. The van der Waals surface area contributed by atoms with E-state index in [9.17, 15) is 8.42 Å². The highest BCUT2D eigenvalue weighted by Crippen LogP contribution is 2.12. The topological polar surface area (TPSA) is 69.6 Å². The van der Waals surface area contributed by atoms with E-state index in [0.29, 0.717) is 19.5 Å². The van der Waals surface area contributed by atoms with E-state index in [0.717, 1.165) is 25.8 Å². The zero-order valence-electron chi connectivity index (χ0n) is 10.6. The molecular weight excluding hydrogens is 240 g/mol. The monoisotopic (exact) mass is 264 g/mol. The molecule has 6 heteroatoms. The van der Waals surface area contributed by atoms with Gasteiger partial charge >= 0.3 is 0 Å². The van der Waals surface area contributed by atoms with Gasteiger partial charge in [0.2, 0.25) is 10.0 Å². The van der Waals surface area contributed by atoms with Gasteiger partial charge in [0, 0.05) is 25.7 Å². The van der Waals surface area contributed by atoms with Crippen molar-refractivity contribution in [2.45, 2.75) is 38.6 Å². The molecule has 0 aromatic rings. The number of sulfonamides is 1. The molecule has 0 aromatic heterocycles. The molecule has 5 nitrogen and oxygen atoms in total. The summed E-state index contributed by atoms with van der Waals surface area (Å²) >= 11 is 0. The van der Waals surface area contributed by atoms with E-state index < -0.39 is 10.0 Å². The molecule has 0 saturated carbocycles. The number of hydrogen-bond donors (Lipinski definition) is 2. The van der Waals surface area contributed by atoms with Crippen molar-refractivity contribution in [2.75, 3.05) is 32.0 Å². The maximum atomic E-state index is 12.1. The first kappa shape index (κ1) is 14.9. The Hall–Kier alpha value is -0.170. The Morgan fingerprint density at radius 1 is 1.41 bits per heavy atom. The van der Waals surface area contributed by atoms with Gasteiger partial charge in [-0.05, 0) is 25.8 Å². The van der Waals surface area contributed by atoms with Crippen LogP contribution in [-0.2, 0) is 10.0 Å². The fourth-order valence-corrected chi connectivity index (χ4v) is 3.97. The van der Waals surface area contributed by atoms with Crippen molar-refractivity contribution in [3.63, 3.8) is 0 Å². The SMILES string of the molecule is CCN(CCCO)S(=O)(=O)CC1CCCCN1. The summed E-state index contributed by atoms with van der Waals surface area (Å²) in [6.45, 7) is 3.69. The summed E-state index contributed by atoms with van der Waals surface area (Å²) in [7, 11) is -3.18. The molecule has 0 aromatic carbocycles. The highest BCUT2D eigenvalue weighted by molar-refractivity contribution is 7.89. The molecule has 0 amide bonds. The Kier molecular flexibility index (Phi) is 6.40. The Balaban J connectivity index is 2.51. The van der Waals surface area contributed by atoms with Crippen molar-refractivity contribution in [1.82, 2.24) is 9.62 Å². The quantitative estimate of drug-likeness (QED) is 0.687. The van der Waals surface area contributed by atoms with Crippen LogP contribution >= 0.6 is 0 Å². The summed E-state index contributed by atoms with van der Waals surface area (Å²) in [6.07, 6.45) is 3.69. The lowest BCUT2D eigenvalue weighted by Crippen LogP contribution is -2.44. The van der Waals surface area contributed by atoms with Crippen LogP contribution < -0.4 is 5.32 Å². The Labute approximate surface area is 104 Å². The number of piperidine rings is 1.